The van der Waals surface area contributed by atoms with E-state index in [9.17, 15) is 18.0 Å². The molecule has 0 aliphatic heterocycles. The molecule has 0 aromatic carbocycles. The molecular weight excluding hydrogens is 273 g/mol. The van der Waals surface area contributed by atoms with E-state index in [1.807, 2.05) is 0 Å². The number of nitrogens with zero attached hydrogens (tertiary/aromatic N) is 1. The summed E-state index contributed by atoms with van der Waals surface area (Å²) in [5.41, 5.74) is 4.80. The van der Waals surface area contributed by atoms with Crippen LogP contribution >= 0.6 is 0 Å². The molecule has 3 N–H and O–H groups in total. The van der Waals surface area contributed by atoms with Gasteiger partial charge in [-0.15, -0.1) is 0 Å². The van der Waals surface area contributed by atoms with Gasteiger partial charge in [0.2, 0.25) is 5.91 Å². The van der Waals surface area contributed by atoms with Crippen LogP contribution in [-0.2, 0) is 4.79 Å². The highest BCUT2D eigenvalue weighted by atomic mass is 19.4. The van der Waals surface area contributed by atoms with Crippen LogP contribution in [0.3, 0.4) is 0 Å². The van der Waals surface area contributed by atoms with E-state index in [-0.39, 0.29) is 13.1 Å². The monoisotopic (exact) mass is 296 g/mol. The Kier molecular flexibility index (Phi) is 5.82. The Bertz CT molecular complexity index is 326. The van der Waals surface area contributed by atoms with Gasteiger partial charge in [-0.3, -0.25) is 4.79 Å². The lowest BCUT2D eigenvalue weighted by Crippen LogP contribution is -2.52. The van der Waals surface area contributed by atoms with Gasteiger partial charge in [0.15, 0.2) is 0 Å². The summed E-state index contributed by atoms with van der Waals surface area (Å²) < 4.78 is 37.6. The minimum atomic E-state index is -4.47. The van der Waals surface area contributed by atoms with Crippen LogP contribution in [0.15, 0.2) is 0 Å². The molecule has 0 radical (unpaired) electrons. The average molecular weight is 296 g/mol. The average Bonchev–Trinajstić information content (AvgIpc) is 2.37. The number of rotatable bonds is 5. The van der Waals surface area contributed by atoms with Crippen molar-refractivity contribution in [2.75, 3.05) is 26.2 Å². The fourth-order valence-corrected chi connectivity index (χ4v) is 2.74. The second-order valence-electron chi connectivity index (χ2n) is 5.73. The van der Waals surface area contributed by atoms with Gasteiger partial charge in [0.25, 0.3) is 0 Å². The summed E-state index contributed by atoms with van der Waals surface area (Å²) in [6.07, 6.45) is -1.85. The summed E-state index contributed by atoms with van der Waals surface area (Å²) in [4.78, 5) is 13.2. The molecule has 1 aliphatic carbocycles. The summed E-state index contributed by atoms with van der Waals surface area (Å²) >= 11 is 0. The van der Waals surface area contributed by atoms with Crippen molar-refractivity contribution in [1.29, 1.82) is 0 Å². The first kappa shape index (κ1) is 17.2. The molecule has 1 saturated carbocycles. The van der Waals surface area contributed by atoms with Crippen LogP contribution in [0.1, 0.15) is 32.6 Å². The Balaban J connectivity index is 2.85. The zero-order valence-electron chi connectivity index (χ0n) is 11.7. The van der Waals surface area contributed by atoms with Gasteiger partial charge < -0.3 is 15.7 Å². The summed E-state index contributed by atoms with van der Waals surface area (Å²) in [6.45, 7) is -0.0112. The van der Waals surface area contributed by atoms with Crippen molar-refractivity contribution in [1.82, 2.24) is 4.90 Å². The van der Waals surface area contributed by atoms with Crippen LogP contribution in [0.2, 0.25) is 0 Å². The molecule has 0 bridgehead atoms. The highest BCUT2D eigenvalue weighted by molar-refractivity contribution is 5.83. The number of carbonyl (C=O) groups excluding carboxylic acids is 1. The lowest BCUT2D eigenvalue weighted by molar-refractivity contribution is -0.170. The van der Waals surface area contributed by atoms with Crippen molar-refractivity contribution in [3.05, 3.63) is 0 Å². The van der Waals surface area contributed by atoms with Crippen molar-refractivity contribution >= 4 is 5.91 Å². The molecule has 118 valence electrons. The van der Waals surface area contributed by atoms with Gasteiger partial charge in [-0.05, 0) is 31.6 Å². The van der Waals surface area contributed by atoms with E-state index in [0.29, 0.717) is 23.7 Å². The molecule has 1 amide bonds. The molecule has 0 aromatic heterocycles. The quantitative estimate of drug-likeness (QED) is 0.808. The molecule has 1 fully saturated rings. The molecular formula is C13H23F3N2O2. The van der Waals surface area contributed by atoms with Gasteiger partial charge >= 0.3 is 6.18 Å². The molecule has 20 heavy (non-hydrogen) atoms. The van der Waals surface area contributed by atoms with Crippen molar-refractivity contribution in [2.24, 2.45) is 17.1 Å². The van der Waals surface area contributed by atoms with Gasteiger partial charge in [0, 0.05) is 13.1 Å². The van der Waals surface area contributed by atoms with E-state index in [1.165, 1.54) is 0 Å². The third-order valence-corrected chi connectivity index (χ3v) is 4.10. The van der Waals surface area contributed by atoms with Crippen molar-refractivity contribution in [3.63, 3.8) is 0 Å². The minimum Gasteiger partial charge on any atom is -0.395 e. The fourth-order valence-electron chi connectivity index (χ4n) is 2.74. The van der Waals surface area contributed by atoms with Crippen LogP contribution < -0.4 is 5.73 Å². The number of carbonyl (C=O) groups is 1. The van der Waals surface area contributed by atoms with Gasteiger partial charge in [-0.25, -0.2) is 0 Å². The zero-order chi connectivity index (χ0) is 15.4. The van der Waals surface area contributed by atoms with E-state index in [1.54, 1.807) is 0 Å². The maximum absolute atomic E-state index is 12.5. The van der Waals surface area contributed by atoms with Crippen molar-refractivity contribution < 1.29 is 23.1 Å². The second kappa shape index (κ2) is 6.76. The first-order valence-electron chi connectivity index (χ1n) is 6.91. The van der Waals surface area contributed by atoms with Gasteiger partial charge in [-0.1, -0.05) is 6.92 Å². The van der Waals surface area contributed by atoms with E-state index in [0.717, 1.165) is 12.8 Å². The number of halogens is 3. The number of hydrogen-bond donors (Lipinski definition) is 2. The molecule has 1 aliphatic rings. The standard InChI is InChI=1S/C13H23F3N2O2/c1-10-2-4-12(8-17,5-3-10)11(20)18(6-7-19)9-13(14,15)16/h10,19H,2-9,17H2,1H3. The number of aliphatic hydroxyl groups excluding tert-OH is 1. The molecule has 0 heterocycles. The summed E-state index contributed by atoms with van der Waals surface area (Å²) in [7, 11) is 0. The summed E-state index contributed by atoms with van der Waals surface area (Å²) in [5.74, 6) is -0.102. The number of hydrogen-bond acceptors (Lipinski definition) is 3. The second-order valence-corrected chi connectivity index (χ2v) is 5.73. The highest BCUT2D eigenvalue weighted by Crippen LogP contribution is 2.40. The van der Waals surface area contributed by atoms with Crippen LogP contribution in [0.4, 0.5) is 13.2 Å². The maximum Gasteiger partial charge on any atom is 0.406 e. The summed E-state index contributed by atoms with van der Waals surface area (Å²) in [6, 6.07) is 0. The van der Waals surface area contributed by atoms with Crippen LogP contribution in [-0.4, -0.2) is 48.3 Å². The molecule has 0 saturated heterocycles. The van der Waals surface area contributed by atoms with Gasteiger partial charge in [-0.2, -0.15) is 13.2 Å². The first-order valence-corrected chi connectivity index (χ1v) is 6.91. The SMILES string of the molecule is CC1CCC(CN)(C(=O)N(CCO)CC(F)(F)F)CC1. The Morgan fingerprint density at radius 1 is 1.40 bits per heavy atom. The van der Waals surface area contributed by atoms with Crippen molar-refractivity contribution in [3.8, 4) is 0 Å². The third-order valence-electron chi connectivity index (χ3n) is 4.10. The minimum absolute atomic E-state index is 0.0539. The smallest absolute Gasteiger partial charge is 0.395 e. The zero-order valence-corrected chi connectivity index (χ0v) is 11.7. The highest BCUT2D eigenvalue weighted by Gasteiger charge is 2.44. The third kappa shape index (κ3) is 4.34. The number of amides is 1. The topological polar surface area (TPSA) is 66.6 Å². The Hall–Kier alpha value is -0.820. The molecule has 1 rings (SSSR count). The van der Waals surface area contributed by atoms with E-state index < -0.39 is 30.7 Å². The Labute approximate surface area is 117 Å². The number of alkyl halides is 3. The molecule has 4 nitrogen and oxygen atoms in total. The predicted octanol–water partition coefficient (Wildman–Crippen LogP) is 1.52. The fraction of sp³-hybridized carbons (Fsp3) is 0.923. The largest absolute Gasteiger partial charge is 0.406 e. The number of nitrogens with two attached hydrogens (primary N) is 1. The maximum atomic E-state index is 12.5. The molecule has 0 aromatic rings. The van der Waals surface area contributed by atoms with Gasteiger partial charge in [0.05, 0.1) is 12.0 Å². The van der Waals surface area contributed by atoms with Gasteiger partial charge in [0.1, 0.15) is 6.54 Å². The van der Waals surface area contributed by atoms with Crippen LogP contribution in [0, 0.1) is 11.3 Å². The lowest BCUT2D eigenvalue weighted by Gasteiger charge is -2.40. The molecule has 0 atom stereocenters. The Morgan fingerprint density at radius 3 is 2.35 bits per heavy atom. The Morgan fingerprint density at radius 2 is 1.95 bits per heavy atom. The van der Waals surface area contributed by atoms with Crippen LogP contribution in [0.25, 0.3) is 0 Å². The molecule has 7 heteroatoms. The lowest BCUT2D eigenvalue weighted by atomic mass is 9.70. The molecule has 0 unspecified atom stereocenters. The summed E-state index contributed by atoms with van der Waals surface area (Å²) in [5, 5.41) is 8.89. The van der Waals surface area contributed by atoms with E-state index >= 15 is 0 Å². The van der Waals surface area contributed by atoms with E-state index in [2.05, 4.69) is 6.92 Å². The van der Waals surface area contributed by atoms with E-state index in [4.69, 9.17) is 10.8 Å². The first-order chi connectivity index (χ1) is 9.24. The normalized spacial score (nSPS) is 27.4. The number of aliphatic hydroxyl groups is 1. The predicted molar refractivity (Wildman–Crippen MR) is 68.8 cm³/mol. The van der Waals surface area contributed by atoms with Crippen molar-refractivity contribution in [2.45, 2.75) is 38.8 Å². The molecule has 0 spiro atoms. The van der Waals surface area contributed by atoms with Crippen LogP contribution in [0.5, 0.6) is 0 Å².